The molecule has 33 heavy (non-hydrogen) atoms. The van der Waals surface area contributed by atoms with Gasteiger partial charge in [-0.25, -0.2) is 14.6 Å². The lowest BCUT2D eigenvalue weighted by Gasteiger charge is -2.49. The van der Waals surface area contributed by atoms with Crippen molar-refractivity contribution < 1.29 is 33.9 Å². The standard InChI is InChI=1S/C18H19N5O7S3/c1-3-30-10(24)4-5-31-17-13(16(27)28)23-9(7-32-17)12(15(23)26)21-14(25)11(22-29-2)8-6-33-18(19)20-8/h4-6,9,12H,3,7H2,1-2H3,(H2,19,20)(H,21,25)(H,27,28)/b5-4+,22-11?. The molecule has 176 valence electrons. The molecule has 3 rings (SSSR count). The number of ether oxygens (including phenoxy) is 1. The van der Waals surface area contributed by atoms with Crippen molar-refractivity contribution in [2.75, 3.05) is 25.2 Å². The molecule has 0 radical (unpaired) electrons. The van der Waals surface area contributed by atoms with Crippen LogP contribution in [0.5, 0.6) is 0 Å². The number of carbonyl (C=O) groups is 4. The van der Waals surface area contributed by atoms with E-state index in [9.17, 15) is 24.3 Å². The summed E-state index contributed by atoms with van der Waals surface area (Å²) in [6.45, 7) is 1.89. The number of nitrogen functional groups attached to an aromatic ring is 1. The summed E-state index contributed by atoms with van der Waals surface area (Å²) in [7, 11) is 1.26. The Bertz CT molecular complexity index is 1070. The van der Waals surface area contributed by atoms with Gasteiger partial charge in [0.05, 0.1) is 16.9 Å². The molecule has 0 spiro atoms. The highest BCUT2D eigenvalue weighted by atomic mass is 32.2. The van der Waals surface area contributed by atoms with Crippen LogP contribution >= 0.6 is 34.9 Å². The monoisotopic (exact) mass is 513 g/mol. The highest BCUT2D eigenvalue weighted by Gasteiger charge is 2.54. The number of esters is 1. The number of anilines is 1. The van der Waals surface area contributed by atoms with Gasteiger partial charge in [-0.05, 0) is 12.3 Å². The number of aliphatic carboxylic acids is 1. The zero-order chi connectivity index (χ0) is 24.1. The number of β-lactam (4-membered cyclic amide) rings is 1. The lowest BCUT2D eigenvalue weighted by Crippen LogP contribution is -2.72. The van der Waals surface area contributed by atoms with Crippen LogP contribution in [0.1, 0.15) is 12.6 Å². The van der Waals surface area contributed by atoms with E-state index in [1.165, 1.54) is 35.7 Å². The van der Waals surface area contributed by atoms with Crippen molar-refractivity contribution in [1.82, 2.24) is 15.2 Å². The molecule has 1 saturated heterocycles. The summed E-state index contributed by atoms with van der Waals surface area (Å²) < 4.78 is 5.13. The van der Waals surface area contributed by atoms with Crippen molar-refractivity contribution in [2.24, 2.45) is 5.16 Å². The third kappa shape index (κ3) is 5.31. The van der Waals surface area contributed by atoms with E-state index in [1.807, 2.05) is 0 Å². The number of nitrogens with zero attached hydrogens (tertiary/aromatic N) is 3. The number of fused-ring (bicyclic) bond motifs is 1. The Labute approximate surface area is 200 Å². The number of thioether (sulfide) groups is 2. The van der Waals surface area contributed by atoms with Gasteiger partial charge in [-0.1, -0.05) is 16.9 Å². The number of carboxylic acids is 1. The molecule has 0 bridgehead atoms. The molecule has 0 saturated carbocycles. The van der Waals surface area contributed by atoms with Crippen LogP contribution in [-0.2, 0) is 28.8 Å². The van der Waals surface area contributed by atoms with Gasteiger partial charge in [-0.2, -0.15) is 0 Å². The molecule has 2 aliphatic rings. The molecule has 15 heteroatoms. The Hall–Kier alpha value is -3.04. The maximum absolute atomic E-state index is 12.8. The van der Waals surface area contributed by atoms with Crippen molar-refractivity contribution in [3.05, 3.63) is 32.5 Å². The summed E-state index contributed by atoms with van der Waals surface area (Å²) in [6.07, 6.45) is 1.18. The average molecular weight is 514 g/mol. The number of amides is 2. The van der Waals surface area contributed by atoms with Crippen molar-refractivity contribution in [2.45, 2.75) is 19.0 Å². The number of hydrogen-bond acceptors (Lipinski definition) is 12. The van der Waals surface area contributed by atoms with Gasteiger partial charge in [-0.15, -0.1) is 23.1 Å². The third-order valence-corrected chi connectivity index (χ3v) is 7.32. The van der Waals surface area contributed by atoms with Gasteiger partial charge >= 0.3 is 11.9 Å². The van der Waals surface area contributed by atoms with E-state index in [-0.39, 0.29) is 28.8 Å². The first-order valence-corrected chi connectivity index (χ1v) is 12.1. The summed E-state index contributed by atoms with van der Waals surface area (Å²) >= 11 is 3.32. The molecule has 3 heterocycles. The first kappa shape index (κ1) is 24.6. The van der Waals surface area contributed by atoms with Gasteiger partial charge in [0.25, 0.3) is 11.8 Å². The number of nitrogens with one attached hydrogen (secondary N) is 1. The van der Waals surface area contributed by atoms with E-state index in [2.05, 4.69) is 15.5 Å². The number of carboxylic acid groups (broad SMARTS) is 1. The minimum absolute atomic E-state index is 0.158. The third-order valence-electron chi connectivity index (χ3n) is 4.36. The van der Waals surface area contributed by atoms with E-state index >= 15 is 0 Å². The molecule has 2 unspecified atom stereocenters. The summed E-state index contributed by atoms with van der Waals surface area (Å²) in [4.78, 5) is 58.7. The van der Waals surface area contributed by atoms with Crippen LogP contribution in [-0.4, -0.2) is 76.0 Å². The minimum Gasteiger partial charge on any atom is -0.477 e. The fourth-order valence-corrected chi connectivity index (χ4v) is 5.78. The second-order valence-electron chi connectivity index (χ2n) is 6.35. The number of thiazole rings is 1. The Morgan fingerprint density at radius 1 is 1.48 bits per heavy atom. The Morgan fingerprint density at radius 2 is 2.24 bits per heavy atom. The van der Waals surface area contributed by atoms with Crippen molar-refractivity contribution >= 4 is 69.5 Å². The molecule has 0 aliphatic carbocycles. The van der Waals surface area contributed by atoms with Crippen LogP contribution < -0.4 is 11.1 Å². The normalized spacial score (nSPS) is 20.4. The van der Waals surface area contributed by atoms with Crippen LogP contribution in [0.2, 0.25) is 0 Å². The van der Waals surface area contributed by atoms with E-state index in [1.54, 1.807) is 6.92 Å². The Kier molecular flexibility index (Phi) is 7.99. The fraction of sp³-hybridized carbons (Fsp3) is 0.333. The minimum atomic E-state index is -1.29. The Balaban J connectivity index is 1.74. The van der Waals surface area contributed by atoms with E-state index in [0.29, 0.717) is 9.99 Å². The zero-order valence-corrected chi connectivity index (χ0v) is 19.8. The molecular formula is C18H19N5O7S3. The number of nitrogens with two attached hydrogens (primary N) is 1. The quantitative estimate of drug-likeness (QED) is 0.139. The van der Waals surface area contributed by atoms with Gasteiger partial charge in [0.2, 0.25) is 0 Å². The van der Waals surface area contributed by atoms with Crippen LogP contribution in [0.3, 0.4) is 0 Å². The smallest absolute Gasteiger partial charge is 0.354 e. The molecular weight excluding hydrogens is 494 g/mol. The molecule has 2 atom stereocenters. The largest absolute Gasteiger partial charge is 0.477 e. The first-order chi connectivity index (χ1) is 15.8. The molecule has 12 nitrogen and oxygen atoms in total. The summed E-state index contributed by atoms with van der Waals surface area (Å²) in [5.74, 6) is -2.79. The SMILES string of the molecule is CCOC(=O)/C=C/SC1=C(C(=O)O)N2C(=O)C(NC(=O)C(=NOC)c3csc(N)n3)C2CS1. The predicted molar refractivity (Wildman–Crippen MR) is 123 cm³/mol. The maximum atomic E-state index is 12.8. The topological polar surface area (TPSA) is 174 Å². The van der Waals surface area contributed by atoms with Crippen molar-refractivity contribution in [3.63, 3.8) is 0 Å². The summed E-state index contributed by atoms with van der Waals surface area (Å²) in [5, 5.41) is 19.1. The molecule has 1 aromatic rings. The lowest BCUT2D eigenvalue weighted by atomic mass is 9.95. The molecule has 0 aromatic carbocycles. The van der Waals surface area contributed by atoms with Crippen molar-refractivity contribution in [3.8, 4) is 0 Å². The summed E-state index contributed by atoms with van der Waals surface area (Å²) in [5.41, 5.74) is 5.44. The van der Waals surface area contributed by atoms with Crippen LogP contribution in [0.4, 0.5) is 5.13 Å². The van der Waals surface area contributed by atoms with Crippen molar-refractivity contribution in [1.29, 1.82) is 0 Å². The Morgan fingerprint density at radius 3 is 2.85 bits per heavy atom. The molecule has 2 amide bonds. The molecule has 1 aromatic heterocycles. The first-order valence-electron chi connectivity index (χ1n) is 9.35. The predicted octanol–water partition coefficient (Wildman–Crippen LogP) is 0.582. The zero-order valence-electron chi connectivity index (χ0n) is 17.3. The number of oxime groups is 1. The van der Waals surface area contributed by atoms with E-state index < -0.39 is 35.8 Å². The number of aromatic nitrogens is 1. The second kappa shape index (κ2) is 10.7. The number of rotatable bonds is 9. The van der Waals surface area contributed by atoms with E-state index in [0.717, 1.165) is 28.0 Å². The van der Waals surface area contributed by atoms with Gasteiger partial charge in [0.15, 0.2) is 16.5 Å². The summed E-state index contributed by atoms with van der Waals surface area (Å²) in [6, 6.07) is -1.51. The highest BCUT2D eigenvalue weighted by Crippen LogP contribution is 2.44. The van der Waals surface area contributed by atoms with Crippen LogP contribution in [0.25, 0.3) is 0 Å². The van der Waals surface area contributed by atoms with Gasteiger partial charge in [-0.3, -0.25) is 14.5 Å². The van der Waals surface area contributed by atoms with E-state index in [4.69, 9.17) is 15.3 Å². The molecule has 2 aliphatic heterocycles. The van der Waals surface area contributed by atoms with Gasteiger partial charge in [0.1, 0.15) is 18.8 Å². The second-order valence-corrected chi connectivity index (χ2v) is 9.44. The number of hydrogen-bond donors (Lipinski definition) is 3. The van der Waals surface area contributed by atoms with Gasteiger partial charge in [0, 0.05) is 17.2 Å². The highest BCUT2D eigenvalue weighted by molar-refractivity contribution is 8.23. The molecule has 4 N–H and O–H groups in total. The maximum Gasteiger partial charge on any atom is 0.354 e. The van der Waals surface area contributed by atoms with Gasteiger partial charge < -0.3 is 25.7 Å². The van der Waals surface area contributed by atoms with Crippen LogP contribution in [0, 0.1) is 0 Å². The lowest BCUT2D eigenvalue weighted by molar-refractivity contribution is -0.153. The average Bonchev–Trinajstić information content (AvgIpc) is 3.20. The molecule has 1 fully saturated rings. The van der Waals surface area contributed by atoms with Crippen LogP contribution in [0.15, 0.2) is 32.0 Å². The number of carbonyl (C=O) groups excluding carboxylic acids is 3. The fourth-order valence-electron chi connectivity index (χ4n) is 3.00.